The number of Topliss-reactive ketones (excluding diaryl/α,β-unsaturated/α-hetero) is 1. The number of carbonyl (C=O) groups is 1. The Balaban J connectivity index is 2.39. The number of carbonyl (C=O) groups excluding carboxylic acids is 1. The van der Waals surface area contributed by atoms with Crippen LogP contribution in [0.15, 0.2) is 40.9 Å². The van der Waals surface area contributed by atoms with Crippen LogP contribution < -0.4 is 4.74 Å². The third kappa shape index (κ3) is 3.46. The van der Waals surface area contributed by atoms with Crippen LogP contribution in [-0.2, 0) is 0 Å². The fourth-order valence-electron chi connectivity index (χ4n) is 1.86. The molecule has 0 aliphatic heterocycles. The van der Waals surface area contributed by atoms with E-state index >= 15 is 0 Å². The van der Waals surface area contributed by atoms with Gasteiger partial charge in [0.2, 0.25) is 5.75 Å². The van der Waals surface area contributed by atoms with E-state index in [1.807, 2.05) is 0 Å². The van der Waals surface area contributed by atoms with Crippen LogP contribution >= 0.6 is 15.9 Å². The zero-order chi connectivity index (χ0) is 15.6. The standard InChI is InChI=1S/C15H12BrNO4/c1-9-7-12(16)8-14(17(19)20)15(9)21-13-5-3-11(4-6-13)10(2)18/h3-8H,1-2H3. The number of benzene rings is 2. The van der Waals surface area contributed by atoms with Gasteiger partial charge in [-0.1, -0.05) is 15.9 Å². The molecule has 6 heteroatoms. The van der Waals surface area contributed by atoms with Gasteiger partial charge in [0.1, 0.15) is 5.75 Å². The summed E-state index contributed by atoms with van der Waals surface area (Å²) in [6.07, 6.45) is 0. The number of ether oxygens (including phenoxy) is 1. The predicted octanol–water partition coefficient (Wildman–Crippen LogP) is 4.66. The Kier molecular flexibility index (Phi) is 4.37. The van der Waals surface area contributed by atoms with Gasteiger partial charge < -0.3 is 4.74 Å². The Morgan fingerprint density at radius 2 is 1.86 bits per heavy atom. The Morgan fingerprint density at radius 3 is 2.38 bits per heavy atom. The highest BCUT2D eigenvalue weighted by Crippen LogP contribution is 2.37. The van der Waals surface area contributed by atoms with Crippen molar-refractivity contribution in [3.8, 4) is 11.5 Å². The molecule has 0 bridgehead atoms. The summed E-state index contributed by atoms with van der Waals surface area (Å²) in [5.41, 5.74) is 1.09. The highest BCUT2D eigenvalue weighted by Gasteiger charge is 2.19. The SMILES string of the molecule is CC(=O)c1ccc(Oc2c(C)cc(Br)cc2[N+](=O)[O-])cc1. The van der Waals surface area contributed by atoms with Crippen molar-refractivity contribution in [1.82, 2.24) is 0 Å². The zero-order valence-electron chi connectivity index (χ0n) is 11.4. The van der Waals surface area contributed by atoms with Crippen LogP contribution in [0.5, 0.6) is 11.5 Å². The van der Waals surface area contributed by atoms with Gasteiger partial charge in [0.05, 0.1) is 4.92 Å². The van der Waals surface area contributed by atoms with E-state index in [1.165, 1.54) is 13.0 Å². The fourth-order valence-corrected chi connectivity index (χ4v) is 2.42. The molecule has 2 aromatic carbocycles. The third-order valence-electron chi connectivity index (χ3n) is 2.90. The molecule has 0 unspecified atom stereocenters. The molecule has 0 atom stereocenters. The molecule has 0 heterocycles. The minimum atomic E-state index is -0.489. The van der Waals surface area contributed by atoms with Crippen molar-refractivity contribution in [3.05, 3.63) is 62.1 Å². The Bertz CT molecular complexity index is 710. The van der Waals surface area contributed by atoms with Gasteiger partial charge in [0.15, 0.2) is 5.78 Å². The van der Waals surface area contributed by atoms with Gasteiger partial charge in [-0.2, -0.15) is 0 Å². The largest absolute Gasteiger partial charge is 0.450 e. The van der Waals surface area contributed by atoms with Crippen LogP contribution in [0.2, 0.25) is 0 Å². The average Bonchev–Trinajstić information content (AvgIpc) is 2.41. The van der Waals surface area contributed by atoms with Crippen molar-refractivity contribution in [2.45, 2.75) is 13.8 Å². The molecule has 0 aliphatic carbocycles. The molecule has 0 aliphatic rings. The first-order valence-electron chi connectivity index (χ1n) is 6.12. The molecule has 0 spiro atoms. The van der Waals surface area contributed by atoms with Crippen LogP contribution in [0.3, 0.4) is 0 Å². The van der Waals surface area contributed by atoms with Crippen molar-refractivity contribution >= 4 is 27.4 Å². The summed E-state index contributed by atoms with van der Waals surface area (Å²) < 4.78 is 6.23. The van der Waals surface area contributed by atoms with E-state index in [1.54, 1.807) is 37.3 Å². The van der Waals surface area contributed by atoms with Gasteiger partial charge in [-0.05, 0) is 49.7 Å². The number of halogens is 1. The van der Waals surface area contributed by atoms with E-state index in [0.29, 0.717) is 21.3 Å². The molecule has 0 radical (unpaired) electrons. The van der Waals surface area contributed by atoms with Crippen molar-refractivity contribution < 1.29 is 14.5 Å². The lowest BCUT2D eigenvalue weighted by molar-refractivity contribution is -0.385. The molecule has 0 saturated heterocycles. The molecule has 0 aromatic heterocycles. The van der Waals surface area contributed by atoms with E-state index in [2.05, 4.69) is 15.9 Å². The molecule has 2 rings (SSSR count). The summed E-state index contributed by atoms with van der Waals surface area (Å²) in [4.78, 5) is 21.8. The number of hydrogen-bond acceptors (Lipinski definition) is 4. The first-order chi connectivity index (χ1) is 9.88. The Morgan fingerprint density at radius 1 is 1.24 bits per heavy atom. The first kappa shape index (κ1) is 15.2. The van der Waals surface area contributed by atoms with Crippen molar-refractivity contribution in [2.75, 3.05) is 0 Å². The smallest absolute Gasteiger partial charge is 0.312 e. The average molecular weight is 350 g/mol. The summed E-state index contributed by atoms with van der Waals surface area (Å²) in [5, 5.41) is 11.1. The summed E-state index contributed by atoms with van der Waals surface area (Å²) in [6.45, 7) is 3.20. The highest BCUT2D eigenvalue weighted by molar-refractivity contribution is 9.10. The molecule has 21 heavy (non-hydrogen) atoms. The topological polar surface area (TPSA) is 69.4 Å². The molecule has 0 amide bonds. The lowest BCUT2D eigenvalue weighted by Gasteiger charge is -2.10. The Labute approximate surface area is 129 Å². The summed E-state index contributed by atoms with van der Waals surface area (Å²) in [5.74, 6) is 0.583. The number of aryl methyl sites for hydroxylation is 1. The van der Waals surface area contributed by atoms with Crippen LogP contribution in [0.1, 0.15) is 22.8 Å². The predicted molar refractivity (Wildman–Crippen MR) is 82.1 cm³/mol. The van der Waals surface area contributed by atoms with E-state index in [4.69, 9.17) is 4.74 Å². The number of nitro benzene ring substituents is 1. The molecule has 0 N–H and O–H groups in total. The van der Waals surface area contributed by atoms with E-state index in [-0.39, 0.29) is 17.2 Å². The summed E-state index contributed by atoms with van der Waals surface area (Å²) in [7, 11) is 0. The monoisotopic (exact) mass is 349 g/mol. The maximum absolute atomic E-state index is 11.2. The minimum Gasteiger partial charge on any atom is -0.450 e. The number of nitrogens with zero attached hydrogens (tertiary/aromatic N) is 1. The number of hydrogen-bond donors (Lipinski definition) is 0. The van der Waals surface area contributed by atoms with Gasteiger partial charge in [-0.3, -0.25) is 14.9 Å². The fraction of sp³-hybridized carbons (Fsp3) is 0.133. The van der Waals surface area contributed by atoms with Gasteiger partial charge in [-0.25, -0.2) is 0 Å². The van der Waals surface area contributed by atoms with E-state index in [0.717, 1.165) is 0 Å². The highest BCUT2D eigenvalue weighted by atomic mass is 79.9. The van der Waals surface area contributed by atoms with Crippen molar-refractivity contribution in [3.63, 3.8) is 0 Å². The molecular weight excluding hydrogens is 338 g/mol. The number of rotatable bonds is 4. The maximum Gasteiger partial charge on any atom is 0.312 e. The van der Waals surface area contributed by atoms with Gasteiger partial charge in [-0.15, -0.1) is 0 Å². The molecule has 5 nitrogen and oxygen atoms in total. The van der Waals surface area contributed by atoms with Crippen LogP contribution in [0, 0.1) is 17.0 Å². The zero-order valence-corrected chi connectivity index (χ0v) is 13.0. The Hall–Kier alpha value is -2.21. The normalized spacial score (nSPS) is 10.2. The second-order valence-electron chi connectivity index (χ2n) is 4.51. The van der Waals surface area contributed by atoms with Gasteiger partial charge >= 0.3 is 5.69 Å². The third-order valence-corrected chi connectivity index (χ3v) is 3.36. The first-order valence-corrected chi connectivity index (χ1v) is 6.91. The van der Waals surface area contributed by atoms with E-state index in [9.17, 15) is 14.9 Å². The summed E-state index contributed by atoms with van der Waals surface area (Å²) >= 11 is 3.23. The molecule has 2 aromatic rings. The van der Waals surface area contributed by atoms with Gasteiger partial charge in [0, 0.05) is 16.1 Å². The second-order valence-corrected chi connectivity index (χ2v) is 5.43. The lowest BCUT2D eigenvalue weighted by Crippen LogP contribution is -1.97. The van der Waals surface area contributed by atoms with Gasteiger partial charge in [0.25, 0.3) is 0 Å². The van der Waals surface area contributed by atoms with Crippen LogP contribution in [0.4, 0.5) is 5.69 Å². The second kappa shape index (κ2) is 6.05. The molecule has 0 saturated carbocycles. The molecule has 108 valence electrons. The van der Waals surface area contributed by atoms with Crippen LogP contribution in [0.25, 0.3) is 0 Å². The maximum atomic E-state index is 11.2. The molecular formula is C15H12BrNO4. The van der Waals surface area contributed by atoms with Crippen molar-refractivity contribution in [2.24, 2.45) is 0 Å². The summed E-state index contributed by atoms with van der Waals surface area (Å²) in [6, 6.07) is 9.61. The lowest BCUT2D eigenvalue weighted by atomic mass is 10.1. The van der Waals surface area contributed by atoms with E-state index < -0.39 is 4.92 Å². The van der Waals surface area contributed by atoms with Crippen molar-refractivity contribution in [1.29, 1.82) is 0 Å². The minimum absolute atomic E-state index is 0.0487. The van der Waals surface area contributed by atoms with Crippen LogP contribution in [-0.4, -0.2) is 10.7 Å². The number of ketones is 1. The molecule has 0 fully saturated rings. The number of nitro groups is 1. The quantitative estimate of drug-likeness (QED) is 0.457.